The fourth-order valence-electron chi connectivity index (χ4n) is 1.41. The number of benzene rings is 1. The minimum atomic E-state index is -0.162. The first kappa shape index (κ1) is 9.35. The first-order chi connectivity index (χ1) is 7.31. The lowest BCUT2D eigenvalue weighted by atomic mass is 10.1. The van der Waals surface area contributed by atoms with Crippen LogP contribution in [0.4, 0.5) is 0 Å². The number of nitrogens with zero attached hydrogens (tertiary/aromatic N) is 2. The van der Waals surface area contributed by atoms with Crippen LogP contribution in [0.3, 0.4) is 0 Å². The quantitative estimate of drug-likeness (QED) is 0.692. The third-order valence-corrected chi connectivity index (χ3v) is 2.17. The van der Waals surface area contributed by atoms with Crippen molar-refractivity contribution in [1.82, 2.24) is 4.98 Å². The Morgan fingerprint density at radius 3 is 3.07 bits per heavy atom. The summed E-state index contributed by atoms with van der Waals surface area (Å²) in [5.41, 5.74) is 1.32. The zero-order valence-corrected chi connectivity index (χ0v) is 7.97. The number of ketones is 1. The molecule has 0 atom stereocenters. The van der Waals surface area contributed by atoms with Crippen LogP contribution in [-0.2, 0) is 0 Å². The average Bonchev–Trinajstić information content (AvgIpc) is 2.29. The highest BCUT2D eigenvalue weighted by atomic mass is 16.1. The monoisotopic (exact) mass is 196 g/mol. The molecule has 1 heterocycles. The van der Waals surface area contributed by atoms with Crippen LogP contribution in [0.15, 0.2) is 36.5 Å². The number of hydrogen-bond donors (Lipinski definition) is 0. The number of Topliss-reactive ketones (excluding diaryl/α,β-unsaturated/α-hetero) is 1. The lowest BCUT2D eigenvalue weighted by molar-refractivity contribution is 0.0998. The number of hydrogen-bond acceptors (Lipinski definition) is 3. The molecule has 0 aliphatic rings. The molecule has 0 fully saturated rings. The third kappa shape index (κ3) is 1.84. The van der Waals surface area contributed by atoms with E-state index >= 15 is 0 Å². The summed E-state index contributed by atoms with van der Waals surface area (Å²) in [6.45, 7) is 0. The zero-order valence-electron chi connectivity index (χ0n) is 7.97. The van der Waals surface area contributed by atoms with Gasteiger partial charge >= 0.3 is 0 Å². The van der Waals surface area contributed by atoms with E-state index in [1.54, 1.807) is 18.3 Å². The van der Waals surface area contributed by atoms with E-state index in [4.69, 9.17) is 5.26 Å². The molecule has 3 heteroatoms. The molecule has 72 valence electrons. The molecule has 0 spiro atoms. The van der Waals surface area contributed by atoms with Crippen LogP contribution in [0.1, 0.15) is 16.8 Å². The predicted molar refractivity (Wildman–Crippen MR) is 56.3 cm³/mol. The molecule has 3 nitrogen and oxygen atoms in total. The summed E-state index contributed by atoms with van der Waals surface area (Å²) in [6.07, 6.45) is 1.60. The van der Waals surface area contributed by atoms with Gasteiger partial charge in [-0.25, -0.2) is 0 Å². The van der Waals surface area contributed by atoms with Gasteiger partial charge in [-0.15, -0.1) is 0 Å². The van der Waals surface area contributed by atoms with Gasteiger partial charge in [-0.05, 0) is 12.1 Å². The van der Waals surface area contributed by atoms with Gasteiger partial charge in [-0.1, -0.05) is 18.2 Å². The van der Waals surface area contributed by atoms with Crippen LogP contribution in [-0.4, -0.2) is 10.8 Å². The number of carbonyl (C=O) groups is 1. The second-order valence-corrected chi connectivity index (χ2v) is 3.17. The minimum absolute atomic E-state index is 0.0850. The van der Waals surface area contributed by atoms with E-state index in [2.05, 4.69) is 4.98 Å². The average molecular weight is 196 g/mol. The van der Waals surface area contributed by atoms with Gasteiger partial charge in [0.25, 0.3) is 0 Å². The Morgan fingerprint density at radius 2 is 2.27 bits per heavy atom. The lowest BCUT2D eigenvalue weighted by Gasteiger charge is -1.99. The molecule has 2 aromatic rings. The van der Waals surface area contributed by atoms with Crippen LogP contribution < -0.4 is 0 Å². The van der Waals surface area contributed by atoms with Crippen LogP contribution in [0.2, 0.25) is 0 Å². The molecular formula is C12H8N2O. The van der Waals surface area contributed by atoms with E-state index in [1.165, 1.54) is 0 Å². The Labute approximate surface area is 87.0 Å². The molecule has 1 aromatic carbocycles. The molecular weight excluding hydrogens is 188 g/mol. The van der Waals surface area contributed by atoms with Crippen molar-refractivity contribution in [2.75, 3.05) is 0 Å². The molecule has 0 aliphatic heterocycles. The number of nitriles is 1. The Kier molecular flexibility index (Phi) is 2.42. The highest BCUT2D eigenvalue weighted by Crippen LogP contribution is 2.14. The summed E-state index contributed by atoms with van der Waals surface area (Å²) in [5.74, 6) is -0.162. The normalized spacial score (nSPS) is 9.80. The van der Waals surface area contributed by atoms with Gasteiger partial charge in [-0.3, -0.25) is 9.78 Å². The van der Waals surface area contributed by atoms with Crippen molar-refractivity contribution in [2.45, 2.75) is 6.42 Å². The van der Waals surface area contributed by atoms with Gasteiger partial charge in [0.15, 0.2) is 5.78 Å². The molecule has 0 unspecified atom stereocenters. The van der Waals surface area contributed by atoms with Crippen molar-refractivity contribution in [3.8, 4) is 6.07 Å². The van der Waals surface area contributed by atoms with Crippen LogP contribution in [0.25, 0.3) is 10.9 Å². The van der Waals surface area contributed by atoms with E-state index in [0.29, 0.717) is 5.56 Å². The van der Waals surface area contributed by atoms with Gasteiger partial charge in [0, 0.05) is 17.1 Å². The molecule has 15 heavy (non-hydrogen) atoms. The molecule has 0 N–H and O–H groups in total. The summed E-state index contributed by atoms with van der Waals surface area (Å²) >= 11 is 0. The van der Waals surface area contributed by atoms with Crippen molar-refractivity contribution < 1.29 is 4.79 Å². The second-order valence-electron chi connectivity index (χ2n) is 3.17. The molecule has 0 radical (unpaired) electrons. The van der Waals surface area contributed by atoms with E-state index < -0.39 is 0 Å². The zero-order chi connectivity index (χ0) is 10.7. The predicted octanol–water partition coefficient (Wildman–Crippen LogP) is 2.33. The number of carbonyl (C=O) groups excluding carboxylic acids is 1. The summed E-state index contributed by atoms with van der Waals surface area (Å²) in [5, 5.41) is 9.42. The van der Waals surface area contributed by atoms with Crippen molar-refractivity contribution in [3.05, 3.63) is 42.1 Å². The third-order valence-electron chi connectivity index (χ3n) is 2.17. The van der Waals surface area contributed by atoms with Crippen LogP contribution >= 0.6 is 0 Å². The largest absolute Gasteiger partial charge is 0.293 e. The first-order valence-electron chi connectivity index (χ1n) is 4.56. The maximum absolute atomic E-state index is 11.4. The van der Waals surface area contributed by atoms with Crippen molar-refractivity contribution in [3.63, 3.8) is 0 Å². The number of fused-ring (bicyclic) bond motifs is 1. The Balaban J connectivity index is 2.48. The number of aromatic nitrogens is 1. The molecule has 1 aromatic heterocycles. The molecule has 0 saturated heterocycles. The summed E-state index contributed by atoms with van der Waals surface area (Å²) in [6, 6.07) is 10.9. The minimum Gasteiger partial charge on any atom is -0.293 e. The number of rotatable bonds is 2. The highest BCUT2D eigenvalue weighted by molar-refractivity contribution is 6.00. The van der Waals surface area contributed by atoms with Crippen molar-refractivity contribution >= 4 is 16.7 Å². The smallest absolute Gasteiger partial charge is 0.176 e. The Bertz CT molecular complexity index is 555. The molecule has 0 bridgehead atoms. The van der Waals surface area contributed by atoms with Gasteiger partial charge in [-0.2, -0.15) is 5.26 Å². The molecule has 0 amide bonds. The first-order valence-corrected chi connectivity index (χ1v) is 4.56. The fraction of sp³-hybridized carbons (Fsp3) is 0.0833. The van der Waals surface area contributed by atoms with Gasteiger partial charge < -0.3 is 0 Å². The van der Waals surface area contributed by atoms with Crippen LogP contribution in [0, 0.1) is 11.3 Å². The van der Waals surface area contributed by atoms with E-state index in [9.17, 15) is 4.79 Å². The topological polar surface area (TPSA) is 53.8 Å². The standard InChI is InChI=1S/C12H8N2O/c13-6-5-12(15)10-4-3-9-2-1-7-14-11(9)8-10/h1-4,7-8H,5H2. The fourth-order valence-corrected chi connectivity index (χ4v) is 1.41. The van der Waals surface area contributed by atoms with Gasteiger partial charge in [0.05, 0.1) is 18.0 Å². The lowest BCUT2D eigenvalue weighted by Crippen LogP contribution is -1.97. The molecule has 0 saturated carbocycles. The van der Waals surface area contributed by atoms with E-state index in [-0.39, 0.29) is 12.2 Å². The van der Waals surface area contributed by atoms with Gasteiger partial charge in [0.1, 0.15) is 0 Å². The van der Waals surface area contributed by atoms with E-state index in [1.807, 2.05) is 24.3 Å². The van der Waals surface area contributed by atoms with Gasteiger partial charge in [0.2, 0.25) is 0 Å². The molecule has 0 aliphatic carbocycles. The summed E-state index contributed by atoms with van der Waals surface area (Å²) < 4.78 is 0. The summed E-state index contributed by atoms with van der Waals surface area (Å²) in [4.78, 5) is 15.6. The summed E-state index contributed by atoms with van der Waals surface area (Å²) in [7, 11) is 0. The van der Waals surface area contributed by atoms with Crippen molar-refractivity contribution in [2.24, 2.45) is 0 Å². The highest BCUT2D eigenvalue weighted by Gasteiger charge is 2.05. The van der Waals surface area contributed by atoms with Crippen LogP contribution in [0.5, 0.6) is 0 Å². The van der Waals surface area contributed by atoms with Crippen molar-refractivity contribution in [1.29, 1.82) is 5.26 Å². The second kappa shape index (κ2) is 3.89. The van der Waals surface area contributed by atoms with E-state index in [0.717, 1.165) is 10.9 Å². The SMILES string of the molecule is N#CCC(=O)c1ccc2cccnc2c1. The Hall–Kier alpha value is -2.21. The molecule has 2 rings (SSSR count). The number of pyridine rings is 1. The Morgan fingerprint density at radius 1 is 1.40 bits per heavy atom. The maximum Gasteiger partial charge on any atom is 0.176 e. The maximum atomic E-state index is 11.4.